The van der Waals surface area contributed by atoms with E-state index in [0.717, 1.165) is 0 Å². The van der Waals surface area contributed by atoms with E-state index < -0.39 is 5.97 Å². The summed E-state index contributed by atoms with van der Waals surface area (Å²) in [6.45, 7) is 9.67. The van der Waals surface area contributed by atoms with Gasteiger partial charge in [-0.25, -0.2) is 0 Å². The van der Waals surface area contributed by atoms with Gasteiger partial charge in [0.2, 0.25) is 0 Å². The van der Waals surface area contributed by atoms with Crippen molar-refractivity contribution < 1.29 is 14.7 Å². The molecule has 0 aromatic rings. The second kappa shape index (κ2) is 10.6. The van der Waals surface area contributed by atoms with Gasteiger partial charge in [0.25, 0.3) is 0 Å². The molecule has 2 N–H and O–H groups in total. The monoisotopic (exact) mass is 231 g/mol. The first-order valence-corrected chi connectivity index (χ1v) is 5.98. The summed E-state index contributed by atoms with van der Waals surface area (Å²) in [6, 6.07) is -0.111. The molecule has 0 aliphatic rings. The van der Waals surface area contributed by atoms with E-state index in [2.05, 4.69) is 5.32 Å². The molecule has 0 fully saturated rings. The van der Waals surface area contributed by atoms with Crippen LogP contribution in [0.1, 0.15) is 53.9 Å². The van der Waals surface area contributed by atoms with E-state index in [1.54, 1.807) is 6.92 Å². The highest BCUT2D eigenvalue weighted by atomic mass is 16.4. The molecule has 0 bridgehead atoms. The van der Waals surface area contributed by atoms with E-state index in [0.29, 0.717) is 12.8 Å². The van der Waals surface area contributed by atoms with Gasteiger partial charge in [0.15, 0.2) is 0 Å². The highest BCUT2D eigenvalue weighted by molar-refractivity contribution is 5.84. The van der Waals surface area contributed by atoms with Crippen LogP contribution >= 0.6 is 0 Å². The maximum atomic E-state index is 11.4. The van der Waals surface area contributed by atoms with Crippen molar-refractivity contribution in [3.8, 4) is 0 Å². The Morgan fingerprint density at radius 1 is 1.25 bits per heavy atom. The van der Waals surface area contributed by atoms with E-state index in [-0.39, 0.29) is 24.3 Å². The van der Waals surface area contributed by atoms with Crippen molar-refractivity contribution in [3.05, 3.63) is 0 Å². The van der Waals surface area contributed by atoms with Gasteiger partial charge in [0.05, 0.1) is 6.04 Å². The highest BCUT2D eigenvalue weighted by Crippen LogP contribution is 2.02. The van der Waals surface area contributed by atoms with Crippen molar-refractivity contribution in [2.24, 2.45) is 0 Å². The molecular formula is C12H25NO3. The third-order valence-corrected chi connectivity index (χ3v) is 1.92. The summed E-state index contributed by atoms with van der Waals surface area (Å²) in [7, 11) is 0. The molecule has 4 nitrogen and oxygen atoms in total. The number of hydrogen-bond acceptors (Lipinski definition) is 3. The first-order valence-electron chi connectivity index (χ1n) is 5.98. The molecule has 0 amide bonds. The zero-order valence-electron chi connectivity index (χ0n) is 11.0. The summed E-state index contributed by atoms with van der Waals surface area (Å²) in [6.07, 6.45) is 0.861. The average Bonchev–Trinajstić information content (AvgIpc) is 2.25. The number of nitrogens with one attached hydrogen (secondary N) is 1. The molecule has 0 saturated carbocycles. The molecule has 0 rings (SSSR count). The molecule has 1 atom stereocenters. The number of hydrogen-bond donors (Lipinski definition) is 2. The molecule has 0 aliphatic carbocycles. The number of carboxylic acids is 1. The van der Waals surface area contributed by atoms with Gasteiger partial charge < -0.3 is 10.4 Å². The largest absolute Gasteiger partial charge is 0.481 e. The zero-order valence-corrected chi connectivity index (χ0v) is 11.0. The number of ketones is 1. The molecule has 0 aliphatic heterocycles. The predicted molar refractivity (Wildman–Crippen MR) is 65.6 cm³/mol. The van der Waals surface area contributed by atoms with Gasteiger partial charge in [-0.3, -0.25) is 9.59 Å². The molecule has 0 spiro atoms. The Labute approximate surface area is 98.4 Å². The second-order valence-corrected chi connectivity index (χ2v) is 3.63. The molecule has 4 heteroatoms. The van der Waals surface area contributed by atoms with E-state index in [9.17, 15) is 9.59 Å². The Kier molecular flexibility index (Phi) is 11.6. The van der Waals surface area contributed by atoms with E-state index >= 15 is 0 Å². The maximum Gasteiger partial charge on any atom is 0.303 e. The lowest BCUT2D eigenvalue weighted by atomic mass is 10.0. The van der Waals surface area contributed by atoms with Gasteiger partial charge in [-0.1, -0.05) is 34.6 Å². The number of Topliss-reactive ketones (excluding diaryl/α,β-unsaturated/α-hetero) is 1. The molecule has 16 heavy (non-hydrogen) atoms. The third-order valence-electron chi connectivity index (χ3n) is 1.92. The van der Waals surface area contributed by atoms with E-state index in [4.69, 9.17) is 5.11 Å². The summed E-state index contributed by atoms with van der Waals surface area (Å²) >= 11 is 0. The predicted octanol–water partition coefficient (Wildman–Crippen LogP) is 2.22. The van der Waals surface area contributed by atoms with Crippen LogP contribution in [-0.4, -0.2) is 28.9 Å². The zero-order chi connectivity index (χ0) is 13.1. The van der Waals surface area contributed by atoms with Gasteiger partial charge in [0.1, 0.15) is 5.78 Å². The SMILES string of the molecule is CC.CCC(=O)C(CCC(=O)O)NC(C)C. The lowest BCUT2D eigenvalue weighted by molar-refractivity contribution is -0.137. The lowest BCUT2D eigenvalue weighted by Gasteiger charge is -2.18. The summed E-state index contributed by atoms with van der Waals surface area (Å²) in [5.41, 5.74) is 0. The van der Waals surface area contributed by atoms with Crippen molar-refractivity contribution >= 4 is 11.8 Å². The first-order chi connectivity index (χ1) is 7.47. The number of aliphatic carboxylic acids is 1. The fraction of sp³-hybridized carbons (Fsp3) is 0.833. The van der Waals surface area contributed by atoms with Crippen LogP contribution in [0.15, 0.2) is 0 Å². The number of carbonyl (C=O) groups is 2. The Morgan fingerprint density at radius 2 is 1.75 bits per heavy atom. The first kappa shape index (κ1) is 17.5. The molecule has 0 aromatic heterocycles. The van der Waals surface area contributed by atoms with Crippen LogP contribution in [0.4, 0.5) is 0 Å². The van der Waals surface area contributed by atoms with Crippen LogP contribution in [0.25, 0.3) is 0 Å². The van der Waals surface area contributed by atoms with Crippen molar-refractivity contribution in [1.82, 2.24) is 5.32 Å². The van der Waals surface area contributed by atoms with Crippen LogP contribution in [0.2, 0.25) is 0 Å². The molecule has 1 unspecified atom stereocenters. The van der Waals surface area contributed by atoms with Gasteiger partial charge in [-0.15, -0.1) is 0 Å². The summed E-state index contributed by atoms with van der Waals surface area (Å²) in [4.78, 5) is 21.8. The van der Waals surface area contributed by atoms with Crippen LogP contribution in [-0.2, 0) is 9.59 Å². The smallest absolute Gasteiger partial charge is 0.303 e. The second-order valence-electron chi connectivity index (χ2n) is 3.63. The van der Waals surface area contributed by atoms with Crippen LogP contribution in [0, 0.1) is 0 Å². The molecule has 0 saturated heterocycles. The highest BCUT2D eigenvalue weighted by Gasteiger charge is 2.17. The van der Waals surface area contributed by atoms with E-state index in [1.165, 1.54) is 0 Å². The Bertz CT molecular complexity index is 202. The summed E-state index contributed by atoms with van der Waals surface area (Å²) < 4.78 is 0. The molecule has 0 radical (unpaired) electrons. The van der Waals surface area contributed by atoms with Gasteiger partial charge in [-0.2, -0.15) is 0 Å². The fourth-order valence-corrected chi connectivity index (χ4v) is 1.25. The van der Waals surface area contributed by atoms with Crippen molar-refractivity contribution in [2.75, 3.05) is 0 Å². The average molecular weight is 231 g/mol. The Morgan fingerprint density at radius 3 is 2.06 bits per heavy atom. The van der Waals surface area contributed by atoms with E-state index in [1.807, 2.05) is 27.7 Å². The minimum atomic E-state index is -0.857. The van der Waals surface area contributed by atoms with Crippen LogP contribution in [0.3, 0.4) is 0 Å². The maximum absolute atomic E-state index is 11.4. The van der Waals surface area contributed by atoms with Crippen molar-refractivity contribution in [2.45, 2.75) is 66.0 Å². The number of carbonyl (C=O) groups excluding carboxylic acids is 1. The number of rotatable bonds is 7. The normalized spacial score (nSPS) is 11.6. The lowest BCUT2D eigenvalue weighted by Crippen LogP contribution is -2.40. The standard InChI is InChI=1S/C10H19NO3.C2H6/c1-4-9(12)8(11-7(2)3)5-6-10(13)14;1-2/h7-8,11H,4-6H2,1-3H3,(H,13,14);1-2H3. The summed E-state index contributed by atoms with van der Waals surface area (Å²) in [5.74, 6) is -0.774. The van der Waals surface area contributed by atoms with Crippen LogP contribution in [0.5, 0.6) is 0 Å². The van der Waals surface area contributed by atoms with Crippen molar-refractivity contribution in [3.63, 3.8) is 0 Å². The number of carboxylic acid groups (broad SMARTS) is 1. The Hall–Kier alpha value is -0.900. The molecule has 0 aromatic carbocycles. The van der Waals surface area contributed by atoms with Gasteiger partial charge in [0, 0.05) is 18.9 Å². The minimum Gasteiger partial charge on any atom is -0.481 e. The molecule has 0 heterocycles. The fourth-order valence-electron chi connectivity index (χ4n) is 1.25. The van der Waals surface area contributed by atoms with Gasteiger partial charge >= 0.3 is 5.97 Å². The molecular weight excluding hydrogens is 206 g/mol. The molecule has 96 valence electrons. The summed E-state index contributed by atoms with van der Waals surface area (Å²) in [5, 5.41) is 11.6. The minimum absolute atomic E-state index is 0.0378. The Balaban J connectivity index is 0. The topological polar surface area (TPSA) is 66.4 Å². The van der Waals surface area contributed by atoms with Crippen LogP contribution < -0.4 is 5.32 Å². The third kappa shape index (κ3) is 9.65. The van der Waals surface area contributed by atoms with Gasteiger partial charge in [-0.05, 0) is 6.42 Å². The quantitative estimate of drug-likeness (QED) is 0.705. The van der Waals surface area contributed by atoms with Crippen molar-refractivity contribution in [1.29, 1.82) is 0 Å².